The maximum atomic E-state index is 3.55. The minimum Gasteiger partial charge on any atom is -0.379 e. The summed E-state index contributed by atoms with van der Waals surface area (Å²) in [4.78, 5) is 2.13. The molecule has 0 atom stereocenters. The first-order chi connectivity index (χ1) is 9.09. The highest BCUT2D eigenvalue weighted by molar-refractivity contribution is 5.69. The summed E-state index contributed by atoms with van der Waals surface area (Å²) in [5.74, 6) is 0. The molecule has 0 radical (unpaired) electrons. The van der Waals surface area contributed by atoms with E-state index >= 15 is 0 Å². The van der Waals surface area contributed by atoms with E-state index in [0.29, 0.717) is 0 Å². The van der Waals surface area contributed by atoms with Gasteiger partial charge in [0, 0.05) is 20.6 Å². The number of rotatable bonds is 4. The van der Waals surface area contributed by atoms with Crippen molar-refractivity contribution < 1.29 is 0 Å². The van der Waals surface area contributed by atoms with Crippen molar-refractivity contribution in [3.8, 4) is 0 Å². The Morgan fingerprint density at radius 1 is 0.895 bits per heavy atom. The number of hydrogen-bond donors (Lipinski definition) is 1. The number of benzene rings is 2. The quantitative estimate of drug-likeness (QED) is 0.887. The van der Waals surface area contributed by atoms with Crippen LogP contribution in [0.25, 0.3) is 0 Å². The Kier molecular flexibility index (Phi) is 4.10. The molecule has 0 aromatic heterocycles. The third-order valence-electron chi connectivity index (χ3n) is 3.49. The molecule has 0 amide bonds. The van der Waals surface area contributed by atoms with Crippen molar-refractivity contribution in [1.29, 1.82) is 0 Å². The van der Waals surface area contributed by atoms with E-state index in [4.69, 9.17) is 0 Å². The lowest BCUT2D eigenvalue weighted by atomic mass is 10.0. The van der Waals surface area contributed by atoms with Gasteiger partial charge in [0.1, 0.15) is 0 Å². The van der Waals surface area contributed by atoms with E-state index in [2.05, 4.69) is 80.6 Å². The predicted molar refractivity (Wildman–Crippen MR) is 84.0 cm³/mol. The lowest BCUT2D eigenvalue weighted by molar-refractivity contribution is 1.07. The fourth-order valence-corrected chi connectivity index (χ4v) is 2.32. The van der Waals surface area contributed by atoms with Crippen LogP contribution in [0.4, 0.5) is 11.4 Å². The second-order valence-corrected chi connectivity index (χ2v) is 5.14. The molecule has 2 rings (SSSR count). The second-order valence-electron chi connectivity index (χ2n) is 5.14. The van der Waals surface area contributed by atoms with Gasteiger partial charge in [-0.25, -0.2) is 0 Å². The van der Waals surface area contributed by atoms with E-state index in [0.717, 1.165) is 6.54 Å². The van der Waals surface area contributed by atoms with Crippen LogP contribution in [0.3, 0.4) is 0 Å². The van der Waals surface area contributed by atoms with Crippen molar-refractivity contribution in [2.45, 2.75) is 20.4 Å². The molecule has 1 N–H and O–H groups in total. The lowest BCUT2D eigenvalue weighted by Crippen LogP contribution is -2.12. The normalized spacial score (nSPS) is 10.3. The number of hydrogen-bond acceptors (Lipinski definition) is 2. The van der Waals surface area contributed by atoms with Crippen molar-refractivity contribution in [3.05, 3.63) is 59.2 Å². The summed E-state index contributed by atoms with van der Waals surface area (Å²) in [6.07, 6.45) is 0. The fourth-order valence-electron chi connectivity index (χ4n) is 2.32. The summed E-state index contributed by atoms with van der Waals surface area (Å²) < 4.78 is 0. The molecule has 2 aromatic carbocycles. The van der Waals surface area contributed by atoms with E-state index in [9.17, 15) is 0 Å². The maximum absolute atomic E-state index is 3.55. The fraction of sp³-hybridized carbons (Fsp3) is 0.294. The van der Waals surface area contributed by atoms with Gasteiger partial charge in [0.25, 0.3) is 0 Å². The number of para-hydroxylation sites is 2. The van der Waals surface area contributed by atoms with Crippen molar-refractivity contribution in [2.24, 2.45) is 0 Å². The number of aryl methyl sites for hydroxylation is 2. The zero-order chi connectivity index (χ0) is 13.8. The SMILES string of the molecule is Cc1cccc(C)c1CNc1ccccc1N(C)C. The molecule has 0 fully saturated rings. The maximum Gasteiger partial charge on any atom is 0.0596 e. The molecule has 19 heavy (non-hydrogen) atoms. The zero-order valence-electron chi connectivity index (χ0n) is 12.2. The van der Waals surface area contributed by atoms with Crippen LogP contribution in [-0.4, -0.2) is 14.1 Å². The van der Waals surface area contributed by atoms with Gasteiger partial charge in [-0.1, -0.05) is 30.3 Å². The Hall–Kier alpha value is -1.96. The number of anilines is 2. The van der Waals surface area contributed by atoms with Gasteiger partial charge >= 0.3 is 0 Å². The predicted octanol–water partition coefficient (Wildman–Crippen LogP) is 3.98. The molecule has 0 aliphatic heterocycles. The molecule has 2 aromatic rings. The van der Waals surface area contributed by atoms with Gasteiger partial charge in [-0.05, 0) is 42.7 Å². The van der Waals surface area contributed by atoms with Crippen molar-refractivity contribution in [3.63, 3.8) is 0 Å². The summed E-state index contributed by atoms with van der Waals surface area (Å²) in [5.41, 5.74) is 6.46. The van der Waals surface area contributed by atoms with E-state index in [-0.39, 0.29) is 0 Å². The van der Waals surface area contributed by atoms with E-state index in [1.807, 2.05) is 0 Å². The summed E-state index contributed by atoms with van der Waals surface area (Å²) in [6, 6.07) is 14.8. The Bertz CT molecular complexity index is 539. The first kappa shape index (κ1) is 13.5. The minimum atomic E-state index is 0.864. The van der Waals surface area contributed by atoms with Gasteiger partial charge in [-0.3, -0.25) is 0 Å². The molecule has 2 heteroatoms. The number of nitrogens with one attached hydrogen (secondary N) is 1. The molecular formula is C17H22N2. The van der Waals surface area contributed by atoms with E-state index < -0.39 is 0 Å². The lowest BCUT2D eigenvalue weighted by Gasteiger charge is -2.19. The molecule has 0 heterocycles. The summed E-state index contributed by atoms with van der Waals surface area (Å²) in [7, 11) is 4.14. The molecule has 0 unspecified atom stereocenters. The van der Waals surface area contributed by atoms with Gasteiger partial charge in [-0.2, -0.15) is 0 Å². The standard InChI is InChI=1S/C17H22N2/c1-13-8-7-9-14(2)15(13)12-18-16-10-5-6-11-17(16)19(3)4/h5-11,18H,12H2,1-4H3. The molecule has 0 bridgehead atoms. The molecule has 2 nitrogen and oxygen atoms in total. The smallest absolute Gasteiger partial charge is 0.0596 e. The Balaban J connectivity index is 2.19. The molecular weight excluding hydrogens is 232 g/mol. The monoisotopic (exact) mass is 254 g/mol. The Labute approximate surface area is 116 Å². The van der Waals surface area contributed by atoms with Gasteiger partial charge < -0.3 is 10.2 Å². The molecule has 0 saturated carbocycles. The third-order valence-corrected chi connectivity index (χ3v) is 3.49. The van der Waals surface area contributed by atoms with Crippen LogP contribution in [0.15, 0.2) is 42.5 Å². The molecule has 0 aliphatic rings. The van der Waals surface area contributed by atoms with E-state index in [1.54, 1.807) is 0 Å². The molecule has 0 spiro atoms. The average Bonchev–Trinajstić information content (AvgIpc) is 2.38. The molecule has 100 valence electrons. The highest BCUT2D eigenvalue weighted by Crippen LogP contribution is 2.25. The highest BCUT2D eigenvalue weighted by atomic mass is 15.1. The van der Waals surface area contributed by atoms with Gasteiger partial charge in [0.2, 0.25) is 0 Å². The van der Waals surface area contributed by atoms with Gasteiger partial charge in [-0.15, -0.1) is 0 Å². The summed E-state index contributed by atoms with van der Waals surface area (Å²) in [6.45, 7) is 5.20. The second kappa shape index (κ2) is 5.79. The van der Waals surface area contributed by atoms with Crippen LogP contribution in [0, 0.1) is 13.8 Å². The van der Waals surface area contributed by atoms with E-state index in [1.165, 1.54) is 28.1 Å². The van der Waals surface area contributed by atoms with Crippen LogP contribution in [0.2, 0.25) is 0 Å². The highest BCUT2D eigenvalue weighted by Gasteiger charge is 2.05. The topological polar surface area (TPSA) is 15.3 Å². The van der Waals surface area contributed by atoms with Gasteiger partial charge in [0.15, 0.2) is 0 Å². The average molecular weight is 254 g/mol. The zero-order valence-corrected chi connectivity index (χ0v) is 12.2. The first-order valence-electron chi connectivity index (χ1n) is 6.65. The molecule has 0 aliphatic carbocycles. The van der Waals surface area contributed by atoms with Crippen molar-refractivity contribution in [2.75, 3.05) is 24.3 Å². The first-order valence-corrected chi connectivity index (χ1v) is 6.65. The van der Waals surface area contributed by atoms with Crippen LogP contribution < -0.4 is 10.2 Å². The Morgan fingerprint density at radius 2 is 1.53 bits per heavy atom. The van der Waals surface area contributed by atoms with Crippen molar-refractivity contribution in [1.82, 2.24) is 0 Å². The largest absolute Gasteiger partial charge is 0.379 e. The Morgan fingerprint density at radius 3 is 2.16 bits per heavy atom. The van der Waals surface area contributed by atoms with Crippen LogP contribution in [0.1, 0.15) is 16.7 Å². The minimum absolute atomic E-state index is 0.864. The molecule has 0 saturated heterocycles. The van der Waals surface area contributed by atoms with Crippen molar-refractivity contribution >= 4 is 11.4 Å². The van der Waals surface area contributed by atoms with Crippen LogP contribution in [-0.2, 0) is 6.54 Å². The third kappa shape index (κ3) is 3.08. The van der Waals surface area contributed by atoms with Crippen LogP contribution >= 0.6 is 0 Å². The summed E-state index contributed by atoms with van der Waals surface area (Å²) in [5, 5.41) is 3.55. The van der Waals surface area contributed by atoms with Crippen LogP contribution in [0.5, 0.6) is 0 Å². The summed E-state index contributed by atoms with van der Waals surface area (Å²) >= 11 is 0. The van der Waals surface area contributed by atoms with Gasteiger partial charge in [0.05, 0.1) is 11.4 Å². The number of nitrogens with zero attached hydrogens (tertiary/aromatic N) is 1.